The maximum atomic E-state index is 12.7. The van der Waals surface area contributed by atoms with Crippen LogP contribution in [0.2, 0.25) is 0 Å². The monoisotopic (exact) mass is 426 g/mol. The molecule has 3 N–H and O–H groups in total. The van der Waals surface area contributed by atoms with Gasteiger partial charge >= 0.3 is 6.18 Å². The molecule has 29 heavy (non-hydrogen) atoms. The van der Waals surface area contributed by atoms with Crippen LogP contribution in [0.3, 0.4) is 0 Å². The molecule has 156 valence electrons. The minimum Gasteiger partial charge on any atom is -0.350 e. The molecule has 0 aliphatic carbocycles. The van der Waals surface area contributed by atoms with E-state index in [9.17, 15) is 22.8 Å². The normalized spacial score (nSPS) is 18.0. The summed E-state index contributed by atoms with van der Waals surface area (Å²) in [5, 5.41) is 2.70. The predicted octanol–water partition coefficient (Wildman–Crippen LogP) is 2.62. The van der Waals surface area contributed by atoms with E-state index in [1.807, 2.05) is 31.2 Å². The van der Waals surface area contributed by atoms with Crippen molar-refractivity contribution in [3.05, 3.63) is 41.0 Å². The van der Waals surface area contributed by atoms with Crippen molar-refractivity contribution in [1.82, 2.24) is 15.2 Å². The van der Waals surface area contributed by atoms with Crippen molar-refractivity contribution >= 4 is 23.2 Å². The summed E-state index contributed by atoms with van der Waals surface area (Å²) < 4.78 is 38.2. The first-order valence-electron chi connectivity index (χ1n) is 9.08. The number of carbonyl (C=O) groups excluding carboxylic acids is 2. The Morgan fingerprint density at radius 3 is 2.62 bits per heavy atom. The van der Waals surface area contributed by atoms with Crippen LogP contribution in [0, 0.1) is 6.92 Å². The molecule has 3 rings (SSSR count). The van der Waals surface area contributed by atoms with E-state index in [0.29, 0.717) is 12.8 Å². The molecule has 1 saturated heterocycles. The predicted molar refractivity (Wildman–Crippen MR) is 103 cm³/mol. The van der Waals surface area contributed by atoms with Gasteiger partial charge in [-0.25, -0.2) is 4.98 Å². The van der Waals surface area contributed by atoms with Crippen LogP contribution in [0.4, 0.5) is 13.2 Å². The molecule has 0 radical (unpaired) electrons. The number of nitrogens with zero attached hydrogens (tertiary/aromatic N) is 2. The molecule has 2 heterocycles. The fourth-order valence-electron chi connectivity index (χ4n) is 3.28. The summed E-state index contributed by atoms with van der Waals surface area (Å²) in [4.78, 5) is 30.7. The fraction of sp³-hybridized carbons (Fsp3) is 0.421. The van der Waals surface area contributed by atoms with Gasteiger partial charge in [0.2, 0.25) is 11.8 Å². The highest BCUT2D eigenvalue weighted by atomic mass is 32.1. The number of hydrogen-bond donors (Lipinski definition) is 2. The van der Waals surface area contributed by atoms with E-state index >= 15 is 0 Å². The van der Waals surface area contributed by atoms with Gasteiger partial charge < -0.3 is 16.0 Å². The minimum absolute atomic E-state index is 0.0869. The number of halogens is 3. The zero-order valence-corrected chi connectivity index (χ0v) is 16.5. The summed E-state index contributed by atoms with van der Waals surface area (Å²) in [6.07, 6.45) is -4.07. The zero-order valence-electron chi connectivity index (χ0n) is 15.7. The van der Waals surface area contributed by atoms with Crippen molar-refractivity contribution in [1.29, 1.82) is 0 Å². The molecule has 10 heteroatoms. The Kier molecular flexibility index (Phi) is 6.23. The zero-order chi connectivity index (χ0) is 21.2. The number of alkyl halides is 3. The number of thiazole rings is 1. The second-order valence-electron chi connectivity index (χ2n) is 6.89. The molecule has 0 bridgehead atoms. The lowest BCUT2D eigenvalue weighted by atomic mass is 10.1. The van der Waals surface area contributed by atoms with Gasteiger partial charge in [0.1, 0.15) is 6.04 Å². The van der Waals surface area contributed by atoms with E-state index in [4.69, 9.17) is 5.73 Å². The Morgan fingerprint density at radius 2 is 2.03 bits per heavy atom. The molecule has 1 aromatic heterocycles. The van der Waals surface area contributed by atoms with Crippen molar-refractivity contribution in [2.24, 2.45) is 5.73 Å². The van der Waals surface area contributed by atoms with E-state index in [-0.39, 0.29) is 13.1 Å². The summed E-state index contributed by atoms with van der Waals surface area (Å²) in [6, 6.07) is 4.04. The second kappa shape index (κ2) is 8.50. The van der Waals surface area contributed by atoms with Gasteiger partial charge in [-0.05, 0) is 30.9 Å². The molecule has 1 fully saturated rings. The van der Waals surface area contributed by atoms with Crippen molar-refractivity contribution in [2.45, 2.75) is 44.6 Å². The summed E-state index contributed by atoms with van der Waals surface area (Å²) in [5.41, 5.74) is 9.60. The number of rotatable bonds is 5. The quantitative estimate of drug-likeness (QED) is 0.769. The Balaban J connectivity index is 1.60. The largest absolute Gasteiger partial charge is 0.412 e. The van der Waals surface area contributed by atoms with E-state index in [0.717, 1.165) is 26.6 Å². The molecule has 0 saturated carbocycles. The molecule has 2 aromatic rings. The smallest absolute Gasteiger partial charge is 0.350 e. The van der Waals surface area contributed by atoms with Gasteiger partial charge in [0, 0.05) is 13.1 Å². The fourth-order valence-corrected chi connectivity index (χ4v) is 4.09. The highest BCUT2D eigenvalue weighted by Crippen LogP contribution is 2.27. The Morgan fingerprint density at radius 1 is 1.34 bits per heavy atom. The minimum atomic E-state index is -4.83. The van der Waals surface area contributed by atoms with E-state index in [1.165, 1.54) is 0 Å². The number of amides is 2. The first kappa shape index (κ1) is 21.3. The van der Waals surface area contributed by atoms with Crippen LogP contribution < -0.4 is 11.1 Å². The number of aryl methyl sites for hydroxylation is 1. The Hall–Kier alpha value is -2.46. The molecule has 0 spiro atoms. The standard InChI is InChI=1S/C19H21F3N4O2S/c1-11-15(29-10-25-11)13-6-4-12(5-7-13)9-24-17(27)14-3-2-8-26(14)18(28)16(23)19(20,21)22/h4-7,10,14,16H,2-3,8-9,23H2,1H3,(H,24,27). The van der Waals surface area contributed by atoms with Gasteiger partial charge in [-0.15, -0.1) is 11.3 Å². The maximum absolute atomic E-state index is 12.7. The van der Waals surface area contributed by atoms with Crippen LogP contribution in [0.25, 0.3) is 10.4 Å². The Labute approximate surface area is 169 Å². The Bertz CT molecular complexity index is 882. The first-order chi connectivity index (χ1) is 13.7. The van der Waals surface area contributed by atoms with Gasteiger partial charge in [0.05, 0.1) is 16.1 Å². The van der Waals surface area contributed by atoms with Crippen LogP contribution in [-0.4, -0.2) is 46.5 Å². The topological polar surface area (TPSA) is 88.3 Å². The number of aromatic nitrogens is 1. The van der Waals surface area contributed by atoms with Crippen molar-refractivity contribution < 1.29 is 22.8 Å². The number of likely N-dealkylation sites (tertiary alicyclic amines) is 1. The lowest BCUT2D eigenvalue weighted by molar-refractivity contribution is -0.171. The van der Waals surface area contributed by atoms with Crippen molar-refractivity contribution in [2.75, 3.05) is 6.54 Å². The third-order valence-corrected chi connectivity index (χ3v) is 5.86. The van der Waals surface area contributed by atoms with Crippen molar-refractivity contribution in [3.63, 3.8) is 0 Å². The average molecular weight is 426 g/mol. The molecular weight excluding hydrogens is 405 g/mol. The maximum Gasteiger partial charge on any atom is 0.412 e. The van der Waals surface area contributed by atoms with Gasteiger partial charge in [-0.2, -0.15) is 13.2 Å². The molecule has 1 aliphatic rings. The summed E-state index contributed by atoms with van der Waals surface area (Å²) in [5.74, 6) is -1.74. The average Bonchev–Trinajstić information content (AvgIpc) is 3.33. The summed E-state index contributed by atoms with van der Waals surface area (Å²) >= 11 is 1.54. The van der Waals surface area contributed by atoms with Gasteiger partial charge in [0.25, 0.3) is 0 Å². The van der Waals surface area contributed by atoms with Crippen LogP contribution in [0.15, 0.2) is 29.8 Å². The van der Waals surface area contributed by atoms with Gasteiger partial charge in [-0.1, -0.05) is 24.3 Å². The number of nitrogens with two attached hydrogens (primary N) is 1. The third-order valence-electron chi connectivity index (χ3n) is 4.89. The molecular formula is C19H21F3N4O2S. The summed E-state index contributed by atoms with van der Waals surface area (Å²) in [7, 11) is 0. The lowest BCUT2D eigenvalue weighted by Crippen LogP contribution is -2.55. The van der Waals surface area contributed by atoms with Crippen LogP contribution in [0.5, 0.6) is 0 Å². The highest BCUT2D eigenvalue weighted by Gasteiger charge is 2.47. The molecule has 1 aromatic carbocycles. The van der Waals surface area contributed by atoms with E-state index in [1.54, 1.807) is 16.8 Å². The lowest BCUT2D eigenvalue weighted by Gasteiger charge is -2.27. The molecule has 6 nitrogen and oxygen atoms in total. The van der Waals surface area contributed by atoms with E-state index < -0.39 is 30.1 Å². The van der Waals surface area contributed by atoms with Crippen LogP contribution in [-0.2, 0) is 16.1 Å². The first-order valence-corrected chi connectivity index (χ1v) is 9.96. The van der Waals surface area contributed by atoms with Crippen molar-refractivity contribution in [3.8, 4) is 10.4 Å². The second-order valence-corrected chi connectivity index (χ2v) is 7.75. The molecule has 2 unspecified atom stereocenters. The number of carbonyl (C=O) groups is 2. The van der Waals surface area contributed by atoms with Gasteiger partial charge in [0.15, 0.2) is 6.04 Å². The van der Waals surface area contributed by atoms with Crippen LogP contribution >= 0.6 is 11.3 Å². The molecule has 2 atom stereocenters. The number of benzene rings is 1. The highest BCUT2D eigenvalue weighted by molar-refractivity contribution is 7.13. The van der Waals surface area contributed by atoms with Crippen LogP contribution in [0.1, 0.15) is 24.1 Å². The number of hydrogen-bond acceptors (Lipinski definition) is 5. The molecule has 2 amide bonds. The van der Waals surface area contributed by atoms with E-state index in [2.05, 4.69) is 10.3 Å². The summed E-state index contributed by atoms with van der Waals surface area (Å²) in [6.45, 7) is 2.23. The number of nitrogens with one attached hydrogen (secondary N) is 1. The molecule has 1 aliphatic heterocycles. The third kappa shape index (κ3) is 4.76. The van der Waals surface area contributed by atoms with Gasteiger partial charge in [-0.3, -0.25) is 9.59 Å². The SMILES string of the molecule is Cc1ncsc1-c1ccc(CNC(=O)C2CCCN2C(=O)C(N)C(F)(F)F)cc1.